The molecule has 146 valence electrons. The van der Waals surface area contributed by atoms with Gasteiger partial charge < -0.3 is 0 Å². The van der Waals surface area contributed by atoms with Gasteiger partial charge in [-0.15, -0.1) is 0 Å². The van der Waals surface area contributed by atoms with Crippen LogP contribution in [0.3, 0.4) is 0 Å². The molecule has 28 heavy (non-hydrogen) atoms. The molecule has 4 rings (SSSR count). The topological polar surface area (TPSA) is 16.1 Å². The third-order valence-corrected chi connectivity index (χ3v) is 5.38. The highest BCUT2D eigenvalue weighted by molar-refractivity contribution is 5.26. The summed E-state index contributed by atoms with van der Waals surface area (Å²) >= 11 is 0. The average molecular weight is 373 g/mol. The molecule has 3 aromatic rings. The van der Waals surface area contributed by atoms with Crippen LogP contribution in [0.1, 0.15) is 42.0 Å². The maximum Gasteiger partial charge on any atom is 0.0303 e. The first-order valence-electron chi connectivity index (χ1n) is 10.4. The molecule has 0 saturated carbocycles. The maximum absolute atomic E-state index is 4.10. The molecule has 1 aliphatic heterocycles. The summed E-state index contributed by atoms with van der Waals surface area (Å²) in [7, 11) is 0. The van der Waals surface area contributed by atoms with Crippen LogP contribution in [0.4, 0.5) is 0 Å². The molecular weight excluding hydrogens is 340 g/mol. The number of piperidine rings is 1. The zero-order valence-electron chi connectivity index (χ0n) is 17.2. The largest absolute Gasteiger partial charge is 0.299 e. The summed E-state index contributed by atoms with van der Waals surface area (Å²) in [5, 5.41) is 0. The van der Waals surface area contributed by atoms with Crippen molar-refractivity contribution in [3.63, 3.8) is 0 Å². The highest BCUT2D eigenvalue weighted by Crippen LogP contribution is 2.17. The minimum atomic E-state index is 0.932. The molecule has 0 unspecified atom stereocenters. The third-order valence-electron chi connectivity index (χ3n) is 5.38. The van der Waals surface area contributed by atoms with Crippen molar-refractivity contribution < 1.29 is 0 Å². The van der Waals surface area contributed by atoms with Gasteiger partial charge in [-0.05, 0) is 68.0 Å². The average Bonchev–Trinajstić information content (AvgIpc) is 2.74. The summed E-state index contributed by atoms with van der Waals surface area (Å²) in [5.41, 5.74) is 5.35. The Bertz CT molecular complexity index is 789. The monoisotopic (exact) mass is 372 g/mol. The number of hydrogen-bond acceptors (Lipinski definition) is 2. The number of benzene rings is 2. The van der Waals surface area contributed by atoms with Gasteiger partial charge in [0.05, 0.1) is 0 Å². The number of pyridine rings is 1. The summed E-state index contributed by atoms with van der Waals surface area (Å²) in [6, 6.07) is 23.5. The Balaban J connectivity index is 0.000000161. The molecule has 0 radical (unpaired) electrons. The van der Waals surface area contributed by atoms with Crippen LogP contribution < -0.4 is 0 Å². The molecule has 0 N–H and O–H groups in total. The molecule has 2 heteroatoms. The number of hydrogen-bond donors (Lipinski definition) is 0. The standard InChI is InChI=1S/C13H13N.C13H19N/c1-11-4-6-12(7-5-11)9-13-3-2-8-14-10-13;1-12-7-9-14(10-8-12)11-13-5-3-2-4-6-13/h2-8,10H,9H2,1H3;2-6,12H,7-11H2,1H3. The molecule has 2 nitrogen and oxygen atoms in total. The lowest BCUT2D eigenvalue weighted by Gasteiger charge is -2.30. The molecule has 0 aliphatic carbocycles. The van der Waals surface area contributed by atoms with Crippen molar-refractivity contribution in [2.24, 2.45) is 5.92 Å². The van der Waals surface area contributed by atoms with E-state index in [4.69, 9.17) is 0 Å². The lowest BCUT2D eigenvalue weighted by molar-refractivity contribution is 0.185. The van der Waals surface area contributed by atoms with E-state index in [1.807, 2.05) is 12.3 Å². The number of aromatic nitrogens is 1. The smallest absolute Gasteiger partial charge is 0.0303 e. The molecule has 0 atom stereocenters. The molecule has 2 aromatic carbocycles. The molecule has 1 aromatic heterocycles. The molecular formula is C26H32N2. The summed E-state index contributed by atoms with van der Waals surface area (Å²) in [4.78, 5) is 6.66. The Morgan fingerprint density at radius 2 is 1.50 bits per heavy atom. The second-order valence-electron chi connectivity index (χ2n) is 7.97. The van der Waals surface area contributed by atoms with Crippen LogP contribution in [0.5, 0.6) is 0 Å². The van der Waals surface area contributed by atoms with Gasteiger partial charge in [0.15, 0.2) is 0 Å². The minimum Gasteiger partial charge on any atom is -0.299 e. The van der Waals surface area contributed by atoms with Gasteiger partial charge >= 0.3 is 0 Å². The predicted molar refractivity (Wildman–Crippen MR) is 118 cm³/mol. The van der Waals surface area contributed by atoms with Crippen molar-refractivity contribution in [2.75, 3.05) is 13.1 Å². The fraction of sp³-hybridized carbons (Fsp3) is 0.346. The van der Waals surface area contributed by atoms with Crippen LogP contribution in [-0.2, 0) is 13.0 Å². The molecule has 0 spiro atoms. The normalized spacial score (nSPS) is 14.9. The molecule has 2 heterocycles. The zero-order valence-corrected chi connectivity index (χ0v) is 17.2. The SMILES string of the molecule is CC1CCN(Cc2ccccc2)CC1.Cc1ccc(Cc2cccnc2)cc1. The number of aryl methyl sites for hydroxylation is 1. The van der Waals surface area contributed by atoms with E-state index >= 15 is 0 Å². The summed E-state index contributed by atoms with van der Waals surface area (Å²) in [5.74, 6) is 0.932. The molecule has 1 saturated heterocycles. The van der Waals surface area contributed by atoms with E-state index in [-0.39, 0.29) is 0 Å². The second-order valence-corrected chi connectivity index (χ2v) is 7.97. The Hall–Kier alpha value is -2.45. The van der Waals surface area contributed by atoms with Gasteiger partial charge in [0, 0.05) is 18.9 Å². The lowest BCUT2D eigenvalue weighted by Crippen LogP contribution is -2.32. The van der Waals surface area contributed by atoms with Gasteiger partial charge in [0.25, 0.3) is 0 Å². The first kappa shape index (κ1) is 20.3. The minimum absolute atomic E-state index is 0.932. The van der Waals surface area contributed by atoms with Gasteiger partial charge in [-0.2, -0.15) is 0 Å². The number of nitrogens with zero attached hydrogens (tertiary/aromatic N) is 2. The molecule has 0 bridgehead atoms. The highest BCUT2D eigenvalue weighted by atomic mass is 15.1. The summed E-state index contributed by atoms with van der Waals surface area (Å²) in [6.07, 6.45) is 7.42. The lowest BCUT2D eigenvalue weighted by atomic mass is 9.99. The van der Waals surface area contributed by atoms with Gasteiger partial charge in [-0.3, -0.25) is 9.88 Å². The quantitative estimate of drug-likeness (QED) is 0.567. The Morgan fingerprint density at radius 1 is 0.821 bits per heavy atom. The van der Waals surface area contributed by atoms with Crippen molar-refractivity contribution in [3.05, 3.63) is 101 Å². The van der Waals surface area contributed by atoms with Gasteiger partial charge in [-0.25, -0.2) is 0 Å². The van der Waals surface area contributed by atoms with Crippen molar-refractivity contribution in [3.8, 4) is 0 Å². The van der Waals surface area contributed by atoms with Crippen LogP contribution in [-0.4, -0.2) is 23.0 Å². The number of rotatable bonds is 4. The van der Waals surface area contributed by atoms with E-state index in [2.05, 4.69) is 84.4 Å². The third kappa shape index (κ3) is 6.94. The van der Waals surface area contributed by atoms with Gasteiger partial charge in [-0.1, -0.05) is 73.2 Å². The highest BCUT2D eigenvalue weighted by Gasteiger charge is 2.15. The van der Waals surface area contributed by atoms with Gasteiger partial charge in [0.2, 0.25) is 0 Å². The summed E-state index contributed by atoms with van der Waals surface area (Å²) in [6.45, 7) is 8.15. The first-order chi connectivity index (χ1) is 13.7. The van der Waals surface area contributed by atoms with Crippen LogP contribution in [0.2, 0.25) is 0 Å². The number of likely N-dealkylation sites (tertiary alicyclic amines) is 1. The molecule has 1 aliphatic rings. The second kappa shape index (κ2) is 10.8. The Kier molecular flexibility index (Phi) is 7.81. The van der Waals surface area contributed by atoms with E-state index in [1.165, 1.54) is 48.2 Å². The molecule has 0 amide bonds. The maximum atomic E-state index is 4.10. The zero-order chi connectivity index (χ0) is 19.6. The van der Waals surface area contributed by atoms with E-state index in [0.717, 1.165) is 18.9 Å². The Labute approximate surface area is 170 Å². The van der Waals surface area contributed by atoms with Crippen LogP contribution in [0.15, 0.2) is 79.1 Å². The predicted octanol–water partition coefficient (Wildman–Crippen LogP) is 5.90. The van der Waals surface area contributed by atoms with E-state index in [1.54, 1.807) is 6.20 Å². The van der Waals surface area contributed by atoms with Crippen LogP contribution >= 0.6 is 0 Å². The van der Waals surface area contributed by atoms with Crippen molar-refractivity contribution in [1.29, 1.82) is 0 Å². The van der Waals surface area contributed by atoms with E-state index < -0.39 is 0 Å². The van der Waals surface area contributed by atoms with Crippen LogP contribution in [0.25, 0.3) is 0 Å². The van der Waals surface area contributed by atoms with E-state index in [9.17, 15) is 0 Å². The van der Waals surface area contributed by atoms with Crippen molar-refractivity contribution in [2.45, 2.75) is 39.7 Å². The molecule has 1 fully saturated rings. The van der Waals surface area contributed by atoms with Gasteiger partial charge in [0.1, 0.15) is 0 Å². The van der Waals surface area contributed by atoms with Crippen molar-refractivity contribution >= 4 is 0 Å². The summed E-state index contributed by atoms with van der Waals surface area (Å²) < 4.78 is 0. The fourth-order valence-electron chi connectivity index (χ4n) is 3.51. The van der Waals surface area contributed by atoms with Crippen molar-refractivity contribution in [1.82, 2.24) is 9.88 Å². The Morgan fingerprint density at radius 3 is 2.14 bits per heavy atom. The fourth-order valence-corrected chi connectivity index (χ4v) is 3.51. The van der Waals surface area contributed by atoms with E-state index in [0.29, 0.717) is 0 Å². The van der Waals surface area contributed by atoms with Crippen LogP contribution in [0, 0.1) is 12.8 Å². The first-order valence-corrected chi connectivity index (χ1v) is 10.4.